The molecule has 3 N–H and O–H groups in total. The fourth-order valence-corrected chi connectivity index (χ4v) is 1.64. The van der Waals surface area contributed by atoms with Crippen LogP contribution in [0.5, 0.6) is 5.75 Å². The molecule has 1 aromatic rings. The fourth-order valence-electron chi connectivity index (χ4n) is 1.64. The van der Waals surface area contributed by atoms with Crippen LogP contribution in [0, 0.1) is 0 Å². The topological polar surface area (TPSA) is 59.6 Å². The molecule has 80 valence electrons. The minimum atomic E-state index is 0.186. The van der Waals surface area contributed by atoms with E-state index in [9.17, 15) is 0 Å². The van der Waals surface area contributed by atoms with Crippen molar-refractivity contribution in [1.82, 2.24) is 5.32 Å². The third-order valence-electron chi connectivity index (χ3n) is 2.34. The van der Waals surface area contributed by atoms with E-state index < -0.39 is 0 Å². The Kier molecular flexibility index (Phi) is 2.76. The molecule has 1 heterocycles. The molecule has 0 saturated carbocycles. The first-order chi connectivity index (χ1) is 7.29. The van der Waals surface area contributed by atoms with Gasteiger partial charge in [0, 0.05) is 0 Å². The van der Waals surface area contributed by atoms with Gasteiger partial charge in [-0.3, -0.25) is 4.99 Å². The van der Waals surface area contributed by atoms with E-state index in [0.717, 1.165) is 11.3 Å². The number of hydrogen-bond acceptors (Lipinski definition) is 4. The summed E-state index contributed by atoms with van der Waals surface area (Å²) in [7, 11) is 0. The maximum absolute atomic E-state index is 5.57. The number of nitrogens with zero attached hydrogens (tertiary/aromatic N) is 1. The second-order valence-corrected chi connectivity index (χ2v) is 3.43. The van der Waals surface area contributed by atoms with Gasteiger partial charge in [0.05, 0.1) is 19.2 Å². The molecule has 0 fully saturated rings. The first-order valence-corrected chi connectivity index (χ1v) is 5.09. The normalized spacial score (nSPS) is 19.5. The molecule has 0 saturated heterocycles. The van der Waals surface area contributed by atoms with Gasteiger partial charge in [0.25, 0.3) is 0 Å². The maximum Gasteiger partial charge on any atom is 0.189 e. The Morgan fingerprint density at radius 1 is 1.60 bits per heavy atom. The first-order valence-electron chi connectivity index (χ1n) is 5.09. The molecule has 1 aliphatic heterocycles. The van der Waals surface area contributed by atoms with Gasteiger partial charge in [-0.1, -0.05) is 12.1 Å². The van der Waals surface area contributed by atoms with Crippen molar-refractivity contribution in [3.8, 4) is 5.75 Å². The highest BCUT2D eigenvalue weighted by Gasteiger charge is 2.17. The Morgan fingerprint density at radius 2 is 2.47 bits per heavy atom. The van der Waals surface area contributed by atoms with Gasteiger partial charge < -0.3 is 15.8 Å². The molecule has 1 atom stereocenters. The SMILES string of the molecule is CCOc1cccc(C2CN=C(N)N2)c1. The van der Waals surface area contributed by atoms with Crippen molar-refractivity contribution in [3.63, 3.8) is 0 Å². The summed E-state index contributed by atoms with van der Waals surface area (Å²) in [6.07, 6.45) is 0. The summed E-state index contributed by atoms with van der Waals surface area (Å²) >= 11 is 0. The van der Waals surface area contributed by atoms with Gasteiger partial charge in [-0.2, -0.15) is 0 Å². The molecule has 0 spiro atoms. The van der Waals surface area contributed by atoms with Gasteiger partial charge in [-0.25, -0.2) is 0 Å². The molecule has 0 radical (unpaired) electrons. The van der Waals surface area contributed by atoms with Crippen LogP contribution >= 0.6 is 0 Å². The molecule has 1 aromatic carbocycles. The van der Waals surface area contributed by atoms with Crippen LogP contribution in [0.4, 0.5) is 0 Å². The summed E-state index contributed by atoms with van der Waals surface area (Å²) in [5.41, 5.74) is 6.72. The molecule has 2 rings (SSSR count). The van der Waals surface area contributed by atoms with Crippen LogP contribution in [0.15, 0.2) is 29.3 Å². The molecule has 15 heavy (non-hydrogen) atoms. The van der Waals surface area contributed by atoms with Crippen LogP contribution in [-0.4, -0.2) is 19.1 Å². The van der Waals surface area contributed by atoms with Gasteiger partial charge >= 0.3 is 0 Å². The van der Waals surface area contributed by atoms with Crippen molar-refractivity contribution in [1.29, 1.82) is 0 Å². The zero-order chi connectivity index (χ0) is 10.7. The maximum atomic E-state index is 5.57. The number of aliphatic imine (C=N–C) groups is 1. The summed E-state index contributed by atoms with van der Waals surface area (Å²) in [6.45, 7) is 3.35. The largest absolute Gasteiger partial charge is 0.494 e. The van der Waals surface area contributed by atoms with Gasteiger partial charge in [0.2, 0.25) is 0 Å². The number of nitrogens with one attached hydrogen (secondary N) is 1. The van der Waals surface area contributed by atoms with Gasteiger partial charge in [0.1, 0.15) is 5.75 Å². The van der Waals surface area contributed by atoms with Gasteiger partial charge in [-0.05, 0) is 24.6 Å². The molecule has 4 heteroatoms. The van der Waals surface area contributed by atoms with Crippen molar-refractivity contribution in [2.45, 2.75) is 13.0 Å². The van der Waals surface area contributed by atoms with Crippen LogP contribution in [0.3, 0.4) is 0 Å². The number of guanidine groups is 1. The average molecular weight is 205 g/mol. The van der Waals surface area contributed by atoms with Crippen molar-refractivity contribution < 1.29 is 4.74 Å². The van der Waals surface area contributed by atoms with Crippen molar-refractivity contribution in [3.05, 3.63) is 29.8 Å². The lowest BCUT2D eigenvalue weighted by atomic mass is 10.1. The molecule has 1 unspecified atom stereocenters. The van der Waals surface area contributed by atoms with Crippen molar-refractivity contribution >= 4 is 5.96 Å². The predicted octanol–water partition coefficient (Wildman–Crippen LogP) is 1.04. The Morgan fingerprint density at radius 3 is 3.13 bits per heavy atom. The standard InChI is InChI=1S/C11H15N3O/c1-2-15-9-5-3-4-8(6-9)10-7-13-11(12)14-10/h3-6,10H,2,7H2,1H3,(H3,12,13,14). The minimum absolute atomic E-state index is 0.186. The molecule has 0 aromatic heterocycles. The molecule has 1 aliphatic rings. The quantitative estimate of drug-likeness (QED) is 0.775. The fraction of sp³-hybridized carbons (Fsp3) is 0.364. The van der Waals surface area contributed by atoms with E-state index in [1.807, 2.05) is 31.2 Å². The predicted molar refractivity (Wildman–Crippen MR) is 60.0 cm³/mol. The lowest BCUT2D eigenvalue weighted by Gasteiger charge is -2.12. The number of rotatable bonds is 3. The van der Waals surface area contributed by atoms with E-state index in [-0.39, 0.29) is 6.04 Å². The zero-order valence-corrected chi connectivity index (χ0v) is 8.73. The smallest absolute Gasteiger partial charge is 0.189 e. The Labute approximate surface area is 89.1 Å². The lowest BCUT2D eigenvalue weighted by molar-refractivity contribution is 0.339. The van der Waals surface area contributed by atoms with E-state index >= 15 is 0 Å². The van der Waals surface area contributed by atoms with E-state index in [0.29, 0.717) is 19.1 Å². The lowest BCUT2D eigenvalue weighted by Crippen LogP contribution is -2.29. The van der Waals surface area contributed by atoms with Crippen LogP contribution in [0.25, 0.3) is 0 Å². The Hall–Kier alpha value is -1.71. The van der Waals surface area contributed by atoms with E-state index in [1.165, 1.54) is 0 Å². The van der Waals surface area contributed by atoms with Gasteiger partial charge in [0.15, 0.2) is 5.96 Å². The van der Waals surface area contributed by atoms with E-state index in [1.54, 1.807) is 0 Å². The third kappa shape index (κ3) is 2.21. The second kappa shape index (κ2) is 4.21. The molecule has 0 bridgehead atoms. The van der Waals surface area contributed by atoms with Crippen LogP contribution in [0.2, 0.25) is 0 Å². The molecule has 4 nitrogen and oxygen atoms in total. The molecular formula is C11H15N3O. The highest BCUT2D eigenvalue weighted by molar-refractivity contribution is 5.80. The average Bonchev–Trinajstić information content (AvgIpc) is 2.66. The highest BCUT2D eigenvalue weighted by atomic mass is 16.5. The second-order valence-electron chi connectivity index (χ2n) is 3.43. The Bertz CT molecular complexity index is 376. The summed E-state index contributed by atoms with van der Waals surface area (Å²) in [4.78, 5) is 4.11. The minimum Gasteiger partial charge on any atom is -0.494 e. The summed E-state index contributed by atoms with van der Waals surface area (Å²) in [6, 6.07) is 8.19. The molecule has 0 aliphatic carbocycles. The molecular weight excluding hydrogens is 190 g/mol. The number of hydrogen-bond donors (Lipinski definition) is 2. The summed E-state index contributed by atoms with van der Waals surface area (Å²) in [5, 5.41) is 3.11. The van der Waals surface area contributed by atoms with Crippen LogP contribution < -0.4 is 15.8 Å². The van der Waals surface area contributed by atoms with E-state index in [4.69, 9.17) is 10.5 Å². The van der Waals surface area contributed by atoms with Crippen LogP contribution in [-0.2, 0) is 0 Å². The first kappa shape index (κ1) is 9.83. The van der Waals surface area contributed by atoms with Gasteiger partial charge in [-0.15, -0.1) is 0 Å². The number of nitrogens with two attached hydrogens (primary N) is 1. The summed E-state index contributed by atoms with van der Waals surface area (Å²) < 4.78 is 5.44. The third-order valence-corrected chi connectivity index (χ3v) is 2.34. The number of ether oxygens (including phenoxy) is 1. The monoisotopic (exact) mass is 205 g/mol. The van der Waals surface area contributed by atoms with Crippen molar-refractivity contribution in [2.75, 3.05) is 13.2 Å². The van der Waals surface area contributed by atoms with Crippen molar-refractivity contribution in [2.24, 2.45) is 10.7 Å². The van der Waals surface area contributed by atoms with Crippen LogP contribution in [0.1, 0.15) is 18.5 Å². The molecule has 0 amide bonds. The zero-order valence-electron chi connectivity index (χ0n) is 8.73. The van der Waals surface area contributed by atoms with E-state index in [2.05, 4.69) is 10.3 Å². The Balaban J connectivity index is 2.11. The highest BCUT2D eigenvalue weighted by Crippen LogP contribution is 2.21. The number of benzene rings is 1. The summed E-state index contributed by atoms with van der Waals surface area (Å²) in [5.74, 6) is 1.41.